The van der Waals surface area contributed by atoms with Gasteiger partial charge in [0, 0.05) is 6.54 Å². The first-order chi connectivity index (χ1) is 12.3. The fourth-order valence-electron chi connectivity index (χ4n) is 2.48. The number of benzene rings is 3. The summed E-state index contributed by atoms with van der Waals surface area (Å²) in [6, 6.07) is 22.3. The molecule has 128 valence electrons. The minimum Gasteiger partial charge on any atom is -0.493 e. The maximum Gasteiger partial charge on any atom is 0.161 e. The third kappa shape index (κ3) is 4.51. The number of nitrogens with one attached hydrogen (secondary N) is 1. The van der Waals surface area contributed by atoms with E-state index in [9.17, 15) is 4.39 Å². The van der Waals surface area contributed by atoms with Crippen molar-refractivity contribution in [2.45, 2.75) is 13.2 Å². The summed E-state index contributed by atoms with van der Waals surface area (Å²) in [6.07, 6.45) is 0. The zero-order valence-electron chi connectivity index (χ0n) is 14.0. The third-order valence-electron chi connectivity index (χ3n) is 3.82. The van der Waals surface area contributed by atoms with Crippen LogP contribution < -0.4 is 14.8 Å². The average molecular weight is 337 g/mol. The maximum atomic E-state index is 13.7. The average Bonchev–Trinajstić information content (AvgIpc) is 2.67. The fraction of sp³-hybridized carbons (Fsp3) is 0.143. The van der Waals surface area contributed by atoms with Crippen molar-refractivity contribution < 1.29 is 13.9 Å². The molecule has 3 aromatic rings. The van der Waals surface area contributed by atoms with Crippen LogP contribution in [0, 0.1) is 5.82 Å². The Kier molecular flexibility index (Phi) is 5.52. The van der Waals surface area contributed by atoms with Gasteiger partial charge in [-0.1, -0.05) is 48.5 Å². The second-order valence-electron chi connectivity index (χ2n) is 5.59. The molecule has 3 nitrogen and oxygen atoms in total. The number of para-hydroxylation sites is 1. The monoisotopic (exact) mass is 337 g/mol. The number of halogens is 1. The molecule has 1 N–H and O–H groups in total. The van der Waals surface area contributed by atoms with Crippen LogP contribution in [0.1, 0.15) is 11.1 Å². The van der Waals surface area contributed by atoms with Crippen molar-refractivity contribution in [2.24, 2.45) is 0 Å². The van der Waals surface area contributed by atoms with E-state index in [4.69, 9.17) is 9.47 Å². The topological polar surface area (TPSA) is 30.5 Å². The summed E-state index contributed by atoms with van der Waals surface area (Å²) in [6.45, 7) is 0.973. The van der Waals surface area contributed by atoms with Gasteiger partial charge >= 0.3 is 0 Å². The lowest BCUT2D eigenvalue weighted by molar-refractivity contribution is 0.284. The number of hydrogen-bond donors (Lipinski definition) is 1. The SMILES string of the molecule is COc1cc(CNc2ccccc2F)ccc1OCc1ccccc1. The van der Waals surface area contributed by atoms with Crippen LogP contribution in [0.25, 0.3) is 0 Å². The first-order valence-electron chi connectivity index (χ1n) is 8.08. The molecule has 0 bridgehead atoms. The molecule has 0 radical (unpaired) electrons. The minimum atomic E-state index is -0.266. The summed E-state index contributed by atoms with van der Waals surface area (Å²) < 4.78 is 24.9. The first-order valence-corrected chi connectivity index (χ1v) is 8.08. The van der Waals surface area contributed by atoms with Gasteiger partial charge < -0.3 is 14.8 Å². The fourth-order valence-corrected chi connectivity index (χ4v) is 2.48. The highest BCUT2D eigenvalue weighted by Crippen LogP contribution is 2.29. The Morgan fingerprint density at radius 3 is 2.36 bits per heavy atom. The molecule has 0 unspecified atom stereocenters. The maximum absolute atomic E-state index is 13.7. The van der Waals surface area contributed by atoms with Gasteiger partial charge in [-0.15, -0.1) is 0 Å². The molecule has 0 saturated carbocycles. The Labute approximate surface area is 147 Å². The summed E-state index contributed by atoms with van der Waals surface area (Å²) in [4.78, 5) is 0. The van der Waals surface area contributed by atoms with Crippen LogP contribution in [0.3, 0.4) is 0 Å². The Balaban J connectivity index is 1.66. The quantitative estimate of drug-likeness (QED) is 0.656. The number of methoxy groups -OCH3 is 1. The van der Waals surface area contributed by atoms with Crippen LogP contribution in [0.5, 0.6) is 11.5 Å². The van der Waals surface area contributed by atoms with E-state index in [1.807, 2.05) is 48.5 Å². The van der Waals surface area contributed by atoms with Crippen LogP contribution in [-0.4, -0.2) is 7.11 Å². The summed E-state index contributed by atoms with van der Waals surface area (Å²) in [5.41, 5.74) is 2.55. The lowest BCUT2D eigenvalue weighted by Crippen LogP contribution is -2.03. The molecule has 3 rings (SSSR count). The van der Waals surface area contributed by atoms with E-state index in [1.165, 1.54) is 6.07 Å². The standard InChI is InChI=1S/C21H20FNO2/c1-24-21-13-17(14-23-19-10-6-5-9-18(19)22)11-12-20(21)25-15-16-7-3-2-4-8-16/h2-13,23H,14-15H2,1H3. The molecule has 3 aromatic carbocycles. The van der Waals surface area contributed by atoms with Crippen LogP contribution in [0.4, 0.5) is 10.1 Å². The molecule has 0 aromatic heterocycles. The molecule has 0 aliphatic carbocycles. The summed E-state index contributed by atoms with van der Waals surface area (Å²) >= 11 is 0. The second kappa shape index (κ2) is 8.20. The zero-order chi connectivity index (χ0) is 17.5. The number of hydrogen-bond acceptors (Lipinski definition) is 3. The number of anilines is 1. The Morgan fingerprint density at radius 2 is 1.60 bits per heavy atom. The third-order valence-corrected chi connectivity index (χ3v) is 3.82. The molecule has 4 heteroatoms. The zero-order valence-corrected chi connectivity index (χ0v) is 14.0. The molecule has 0 fully saturated rings. The summed E-state index contributed by atoms with van der Waals surface area (Å²) in [5, 5.41) is 3.09. The highest BCUT2D eigenvalue weighted by atomic mass is 19.1. The first kappa shape index (κ1) is 16.8. The number of rotatable bonds is 7. The van der Waals surface area contributed by atoms with Gasteiger partial charge in [-0.3, -0.25) is 0 Å². The van der Waals surface area contributed by atoms with Crippen molar-refractivity contribution in [1.29, 1.82) is 0 Å². The van der Waals surface area contributed by atoms with Crippen molar-refractivity contribution >= 4 is 5.69 Å². The molecule has 25 heavy (non-hydrogen) atoms. The molecule has 0 saturated heterocycles. The lowest BCUT2D eigenvalue weighted by atomic mass is 10.2. The van der Waals surface area contributed by atoms with Crippen LogP contribution in [-0.2, 0) is 13.2 Å². The van der Waals surface area contributed by atoms with Gasteiger partial charge in [0.2, 0.25) is 0 Å². The summed E-state index contributed by atoms with van der Waals surface area (Å²) in [7, 11) is 1.61. The molecule has 0 heterocycles. The van der Waals surface area contributed by atoms with Gasteiger partial charge in [0.25, 0.3) is 0 Å². The van der Waals surface area contributed by atoms with Crippen molar-refractivity contribution in [3.63, 3.8) is 0 Å². The molecule has 0 aliphatic rings. The highest BCUT2D eigenvalue weighted by molar-refractivity contribution is 5.47. The predicted molar refractivity (Wildman–Crippen MR) is 97.5 cm³/mol. The Bertz CT molecular complexity index is 821. The van der Waals surface area contributed by atoms with Gasteiger partial charge in [-0.05, 0) is 35.4 Å². The van der Waals surface area contributed by atoms with Crippen molar-refractivity contribution in [3.8, 4) is 11.5 Å². The van der Waals surface area contributed by atoms with Gasteiger partial charge in [0.05, 0.1) is 12.8 Å². The molecular weight excluding hydrogens is 317 g/mol. The second-order valence-corrected chi connectivity index (χ2v) is 5.59. The Morgan fingerprint density at radius 1 is 0.840 bits per heavy atom. The van der Waals surface area contributed by atoms with Gasteiger partial charge in [-0.2, -0.15) is 0 Å². The van der Waals surface area contributed by atoms with E-state index in [2.05, 4.69) is 5.32 Å². The Hall–Kier alpha value is -3.01. The molecule has 0 atom stereocenters. The van der Waals surface area contributed by atoms with E-state index >= 15 is 0 Å². The number of ether oxygens (including phenoxy) is 2. The van der Waals surface area contributed by atoms with Crippen molar-refractivity contribution in [1.82, 2.24) is 0 Å². The van der Waals surface area contributed by atoms with E-state index in [1.54, 1.807) is 25.3 Å². The lowest BCUT2D eigenvalue weighted by Gasteiger charge is -2.13. The smallest absolute Gasteiger partial charge is 0.161 e. The van der Waals surface area contributed by atoms with E-state index < -0.39 is 0 Å². The van der Waals surface area contributed by atoms with E-state index in [0.717, 1.165) is 11.1 Å². The highest BCUT2D eigenvalue weighted by Gasteiger charge is 2.07. The molecule has 0 spiro atoms. The van der Waals surface area contributed by atoms with Gasteiger partial charge in [0.15, 0.2) is 11.5 Å². The molecule has 0 aliphatic heterocycles. The van der Waals surface area contributed by atoms with Crippen molar-refractivity contribution in [3.05, 3.63) is 89.7 Å². The van der Waals surface area contributed by atoms with E-state index in [-0.39, 0.29) is 5.82 Å². The largest absolute Gasteiger partial charge is 0.493 e. The normalized spacial score (nSPS) is 10.3. The minimum absolute atomic E-state index is 0.266. The van der Waals surface area contributed by atoms with Crippen LogP contribution in [0.15, 0.2) is 72.8 Å². The van der Waals surface area contributed by atoms with Crippen LogP contribution in [0.2, 0.25) is 0 Å². The molecule has 0 amide bonds. The van der Waals surface area contributed by atoms with Crippen molar-refractivity contribution in [2.75, 3.05) is 12.4 Å². The van der Waals surface area contributed by atoms with Gasteiger partial charge in [-0.25, -0.2) is 4.39 Å². The van der Waals surface area contributed by atoms with Gasteiger partial charge in [0.1, 0.15) is 12.4 Å². The summed E-state index contributed by atoms with van der Waals surface area (Å²) in [5.74, 6) is 1.07. The molecular formula is C21H20FNO2. The van der Waals surface area contributed by atoms with E-state index in [0.29, 0.717) is 30.3 Å². The van der Waals surface area contributed by atoms with Crippen LogP contribution >= 0.6 is 0 Å². The predicted octanol–water partition coefficient (Wildman–Crippen LogP) is 5.03.